The summed E-state index contributed by atoms with van der Waals surface area (Å²) in [6, 6.07) is 5.40. The molecular weight excluding hydrogens is 258 g/mol. The third-order valence-electron chi connectivity index (χ3n) is 2.68. The number of nitro groups is 1. The fraction of sp³-hybridized carbons (Fsp3) is 0.400. The van der Waals surface area contributed by atoms with Gasteiger partial charge in [0.25, 0.3) is 5.69 Å². The summed E-state index contributed by atoms with van der Waals surface area (Å²) in [6.07, 6.45) is 8.07. The topological polar surface area (TPSA) is 69.4 Å². The highest BCUT2D eigenvalue weighted by Gasteiger charge is 2.09. The predicted octanol–water partition coefficient (Wildman–Crippen LogP) is 3.89. The maximum Gasteiger partial charge on any atom is 0.338 e. The zero-order valence-corrected chi connectivity index (χ0v) is 11.6. The van der Waals surface area contributed by atoms with Crippen molar-refractivity contribution in [1.29, 1.82) is 0 Å². The molecule has 0 aliphatic heterocycles. The van der Waals surface area contributed by atoms with Crippen molar-refractivity contribution in [2.45, 2.75) is 32.6 Å². The first-order chi connectivity index (χ1) is 9.65. The van der Waals surface area contributed by atoms with Crippen molar-refractivity contribution in [1.82, 2.24) is 0 Å². The standard InChI is InChI=1S/C15H19NO4/c1-2-3-4-5-6-7-12-20-15(17)13-8-10-14(11-9-13)16(18)19/h4-5,8-11H,2-3,6-7,12H2,1H3/b5-4+. The number of benzene rings is 1. The van der Waals surface area contributed by atoms with Crippen molar-refractivity contribution >= 4 is 11.7 Å². The van der Waals surface area contributed by atoms with Crippen LogP contribution in [0.25, 0.3) is 0 Å². The van der Waals surface area contributed by atoms with Crippen LogP contribution < -0.4 is 0 Å². The molecule has 0 aromatic heterocycles. The van der Waals surface area contributed by atoms with Gasteiger partial charge in [0.15, 0.2) is 0 Å². The van der Waals surface area contributed by atoms with Crippen LogP contribution in [0, 0.1) is 10.1 Å². The van der Waals surface area contributed by atoms with Gasteiger partial charge in [0.05, 0.1) is 17.1 Å². The van der Waals surface area contributed by atoms with E-state index in [1.165, 1.54) is 24.3 Å². The number of carbonyl (C=O) groups excluding carboxylic acids is 1. The quantitative estimate of drug-likeness (QED) is 0.238. The van der Waals surface area contributed by atoms with Crippen molar-refractivity contribution in [3.8, 4) is 0 Å². The monoisotopic (exact) mass is 277 g/mol. The van der Waals surface area contributed by atoms with Crippen molar-refractivity contribution in [3.63, 3.8) is 0 Å². The number of ether oxygens (including phenoxy) is 1. The van der Waals surface area contributed by atoms with Crippen molar-refractivity contribution in [2.24, 2.45) is 0 Å². The van der Waals surface area contributed by atoms with Crippen LogP contribution in [0.15, 0.2) is 36.4 Å². The molecule has 0 saturated carbocycles. The zero-order valence-electron chi connectivity index (χ0n) is 11.6. The normalized spacial score (nSPS) is 10.7. The largest absolute Gasteiger partial charge is 0.462 e. The number of esters is 1. The number of hydrogen-bond donors (Lipinski definition) is 0. The lowest BCUT2D eigenvalue weighted by atomic mass is 10.2. The fourth-order valence-corrected chi connectivity index (χ4v) is 1.57. The lowest BCUT2D eigenvalue weighted by Gasteiger charge is -2.03. The van der Waals surface area contributed by atoms with Crippen LogP contribution in [-0.2, 0) is 4.74 Å². The van der Waals surface area contributed by atoms with Crippen LogP contribution in [0.1, 0.15) is 43.0 Å². The Kier molecular flexibility index (Phi) is 7.03. The first kappa shape index (κ1) is 15.9. The summed E-state index contributed by atoms with van der Waals surface area (Å²) in [7, 11) is 0. The number of non-ortho nitro benzene ring substituents is 1. The van der Waals surface area contributed by atoms with E-state index >= 15 is 0 Å². The van der Waals surface area contributed by atoms with Crippen molar-refractivity contribution in [3.05, 3.63) is 52.1 Å². The molecule has 0 aliphatic rings. The molecule has 0 aliphatic carbocycles. The van der Waals surface area contributed by atoms with Crippen LogP contribution in [0.5, 0.6) is 0 Å². The van der Waals surface area contributed by atoms with Gasteiger partial charge in [0, 0.05) is 12.1 Å². The van der Waals surface area contributed by atoms with E-state index in [2.05, 4.69) is 19.1 Å². The van der Waals surface area contributed by atoms with Crippen LogP contribution in [0.4, 0.5) is 5.69 Å². The van der Waals surface area contributed by atoms with Gasteiger partial charge in [-0.3, -0.25) is 10.1 Å². The maximum atomic E-state index is 11.7. The van der Waals surface area contributed by atoms with E-state index in [0.29, 0.717) is 12.2 Å². The number of nitrogens with zero attached hydrogens (tertiary/aromatic N) is 1. The molecule has 108 valence electrons. The summed E-state index contributed by atoms with van der Waals surface area (Å²) in [5.41, 5.74) is 0.291. The molecule has 1 rings (SSSR count). The number of nitro benzene ring substituents is 1. The third kappa shape index (κ3) is 5.65. The second kappa shape index (κ2) is 8.85. The summed E-state index contributed by atoms with van der Waals surface area (Å²) < 4.78 is 5.09. The molecule has 0 atom stereocenters. The Bertz CT molecular complexity index is 465. The Morgan fingerprint density at radius 3 is 2.50 bits per heavy atom. The minimum atomic E-state index is -0.502. The molecule has 0 bridgehead atoms. The van der Waals surface area contributed by atoms with Gasteiger partial charge in [-0.1, -0.05) is 25.5 Å². The van der Waals surface area contributed by atoms with E-state index in [1.54, 1.807) is 0 Å². The summed E-state index contributed by atoms with van der Waals surface area (Å²) in [4.78, 5) is 21.6. The molecule has 1 aromatic rings. The summed E-state index contributed by atoms with van der Waals surface area (Å²) in [5, 5.41) is 10.5. The van der Waals surface area contributed by atoms with E-state index < -0.39 is 10.9 Å². The minimum Gasteiger partial charge on any atom is -0.462 e. The zero-order chi connectivity index (χ0) is 14.8. The summed E-state index contributed by atoms with van der Waals surface area (Å²) >= 11 is 0. The Morgan fingerprint density at radius 1 is 1.25 bits per heavy atom. The van der Waals surface area contributed by atoms with Gasteiger partial charge < -0.3 is 4.74 Å². The Balaban J connectivity index is 2.30. The number of unbranched alkanes of at least 4 members (excludes halogenated alkanes) is 2. The Morgan fingerprint density at radius 2 is 1.90 bits per heavy atom. The molecule has 0 fully saturated rings. The fourth-order valence-electron chi connectivity index (χ4n) is 1.57. The second-order valence-electron chi connectivity index (χ2n) is 4.34. The average molecular weight is 277 g/mol. The average Bonchev–Trinajstić information content (AvgIpc) is 2.46. The minimum absolute atomic E-state index is 0.0392. The lowest BCUT2D eigenvalue weighted by molar-refractivity contribution is -0.384. The molecule has 0 N–H and O–H groups in total. The molecule has 5 nitrogen and oxygen atoms in total. The number of carbonyl (C=O) groups is 1. The van der Waals surface area contributed by atoms with E-state index in [4.69, 9.17) is 4.74 Å². The van der Waals surface area contributed by atoms with Crippen LogP contribution in [0.2, 0.25) is 0 Å². The molecule has 20 heavy (non-hydrogen) atoms. The lowest BCUT2D eigenvalue weighted by Crippen LogP contribution is -2.06. The molecule has 0 saturated heterocycles. The smallest absolute Gasteiger partial charge is 0.338 e. The van der Waals surface area contributed by atoms with E-state index in [9.17, 15) is 14.9 Å². The third-order valence-corrected chi connectivity index (χ3v) is 2.68. The molecule has 0 heterocycles. The van der Waals surface area contributed by atoms with Gasteiger partial charge in [-0.25, -0.2) is 4.79 Å². The Labute approximate surface area is 118 Å². The molecular formula is C15H19NO4. The highest BCUT2D eigenvalue weighted by Crippen LogP contribution is 2.12. The highest BCUT2D eigenvalue weighted by molar-refractivity contribution is 5.89. The van der Waals surface area contributed by atoms with Crippen LogP contribution >= 0.6 is 0 Å². The summed E-state index contributed by atoms with van der Waals surface area (Å²) in [6.45, 7) is 2.47. The molecule has 0 radical (unpaired) electrons. The van der Waals surface area contributed by atoms with Crippen molar-refractivity contribution < 1.29 is 14.5 Å². The van der Waals surface area contributed by atoms with Gasteiger partial charge in [-0.15, -0.1) is 0 Å². The molecule has 0 amide bonds. The van der Waals surface area contributed by atoms with Gasteiger partial charge in [0.1, 0.15) is 0 Å². The number of rotatable bonds is 8. The number of allylic oxidation sites excluding steroid dienone is 2. The van der Waals surface area contributed by atoms with Crippen LogP contribution in [-0.4, -0.2) is 17.5 Å². The molecule has 0 spiro atoms. The van der Waals surface area contributed by atoms with Crippen LogP contribution in [0.3, 0.4) is 0 Å². The van der Waals surface area contributed by atoms with Gasteiger partial charge in [-0.05, 0) is 31.4 Å². The van der Waals surface area contributed by atoms with Crippen molar-refractivity contribution in [2.75, 3.05) is 6.61 Å². The van der Waals surface area contributed by atoms with E-state index in [0.717, 1.165) is 25.7 Å². The van der Waals surface area contributed by atoms with Gasteiger partial charge in [-0.2, -0.15) is 0 Å². The Hall–Kier alpha value is -2.17. The highest BCUT2D eigenvalue weighted by atomic mass is 16.6. The van der Waals surface area contributed by atoms with Gasteiger partial charge in [0.2, 0.25) is 0 Å². The predicted molar refractivity (Wildman–Crippen MR) is 76.7 cm³/mol. The summed E-state index contributed by atoms with van der Waals surface area (Å²) in [5.74, 6) is -0.447. The van der Waals surface area contributed by atoms with E-state index in [1.807, 2.05) is 0 Å². The second-order valence-corrected chi connectivity index (χ2v) is 4.34. The molecule has 1 aromatic carbocycles. The first-order valence-electron chi connectivity index (χ1n) is 6.71. The van der Waals surface area contributed by atoms with E-state index in [-0.39, 0.29) is 5.69 Å². The maximum absolute atomic E-state index is 11.7. The van der Waals surface area contributed by atoms with Gasteiger partial charge >= 0.3 is 5.97 Å². The molecule has 5 heteroatoms. The molecule has 0 unspecified atom stereocenters. The number of hydrogen-bond acceptors (Lipinski definition) is 4. The first-order valence-corrected chi connectivity index (χ1v) is 6.71. The SMILES string of the molecule is CCC/C=C/CCCOC(=O)c1ccc([N+](=O)[O-])cc1.